The summed E-state index contributed by atoms with van der Waals surface area (Å²) < 4.78 is 20.5. The number of carbonyl (C=O) groups is 1. The molecule has 1 aliphatic carbocycles. The maximum Gasteiger partial charge on any atom is 0.265 e. The minimum Gasteiger partial charge on any atom is -0.379 e. The predicted octanol–water partition coefficient (Wildman–Crippen LogP) is 3.90. The maximum absolute atomic E-state index is 13.7. The Morgan fingerprint density at radius 3 is 2.50 bits per heavy atom. The molecule has 1 N–H and O–H groups in total. The molecule has 2 aliphatic rings. The molecule has 2 fully saturated rings. The maximum atomic E-state index is 13.7. The van der Waals surface area contributed by atoms with Crippen molar-refractivity contribution < 1.29 is 13.9 Å². The van der Waals surface area contributed by atoms with Crippen LogP contribution >= 0.6 is 0 Å². The van der Waals surface area contributed by atoms with Gasteiger partial charge in [0.1, 0.15) is 17.0 Å². The summed E-state index contributed by atoms with van der Waals surface area (Å²) in [5.74, 6) is -0.816. The van der Waals surface area contributed by atoms with Crippen molar-refractivity contribution in [3.63, 3.8) is 0 Å². The van der Waals surface area contributed by atoms with Gasteiger partial charge in [0.2, 0.25) is 5.69 Å². The first-order valence-corrected chi connectivity index (χ1v) is 13.2. The van der Waals surface area contributed by atoms with Crippen LogP contribution in [-0.2, 0) is 16.8 Å². The van der Waals surface area contributed by atoms with Crippen molar-refractivity contribution in [2.45, 2.75) is 24.9 Å². The Labute approximate surface area is 230 Å². The van der Waals surface area contributed by atoms with E-state index in [2.05, 4.69) is 25.0 Å². The Kier molecular flexibility index (Phi) is 6.84. The van der Waals surface area contributed by atoms with Crippen LogP contribution in [-0.4, -0.2) is 58.2 Å². The van der Waals surface area contributed by atoms with Crippen molar-refractivity contribution in [1.82, 2.24) is 24.8 Å². The second-order valence-electron chi connectivity index (χ2n) is 10.2. The Balaban J connectivity index is 1.38. The summed E-state index contributed by atoms with van der Waals surface area (Å²) in [6.07, 6.45) is 4.57. The average molecular weight is 539 g/mol. The molecule has 0 bridgehead atoms. The third-order valence-corrected chi connectivity index (χ3v) is 7.59. The van der Waals surface area contributed by atoms with E-state index >= 15 is 0 Å². The van der Waals surface area contributed by atoms with E-state index in [9.17, 15) is 14.0 Å². The van der Waals surface area contributed by atoms with Crippen molar-refractivity contribution in [3.05, 3.63) is 99.6 Å². The van der Waals surface area contributed by atoms with Crippen molar-refractivity contribution >= 4 is 22.6 Å². The van der Waals surface area contributed by atoms with E-state index in [1.165, 1.54) is 18.3 Å². The summed E-state index contributed by atoms with van der Waals surface area (Å²) in [6, 6.07) is 13.0. The first-order valence-electron chi connectivity index (χ1n) is 13.2. The molecule has 4 heterocycles. The van der Waals surface area contributed by atoms with Gasteiger partial charge in [-0.15, -0.1) is 0 Å². The average Bonchev–Trinajstić information content (AvgIpc) is 3.77. The molecular weight excluding hydrogens is 511 g/mol. The Morgan fingerprint density at radius 2 is 1.82 bits per heavy atom. The third-order valence-electron chi connectivity index (χ3n) is 7.59. The minimum absolute atomic E-state index is 0.0260. The smallest absolute Gasteiger partial charge is 0.265 e. The molecule has 0 atom stereocenters. The normalized spacial score (nSPS) is 16.4. The zero-order chi connectivity index (χ0) is 27.7. The minimum atomic E-state index is -0.612. The lowest BCUT2D eigenvalue weighted by Gasteiger charge is -2.27. The third kappa shape index (κ3) is 5.09. The predicted molar refractivity (Wildman–Crippen MR) is 148 cm³/mol. The summed E-state index contributed by atoms with van der Waals surface area (Å²) in [6.45, 7) is 11.0. The van der Waals surface area contributed by atoms with Crippen LogP contribution in [0.4, 0.5) is 10.1 Å². The number of pyridine rings is 3. The topological polar surface area (TPSA) is 93.7 Å². The van der Waals surface area contributed by atoms with Crippen LogP contribution in [0.3, 0.4) is 0 Å². The highest BCUT2D eigenvalue weighted by molar-refractivity contribution is 5.98. The Morgan fingerprint density at radius 1 is 1.05 bits per heavy atom. The van der Waals surface area contributed by atoms with E-state index in [0.29, 0.717) is 67.1 Å². The van der Waals surface area contributed by atoms with Crippen LogP contribution in [0.2, 0.25) is 0 Å². The summed E-state index contributed by atoms with van der Waals surface area (Å²) in [5.41, 5.74) is 2.07. The number of halogens is 1. The number of nitrogens with one attached hydrogen (secondary N) is 1. The standard InChI is InChI=1S/C30H27FN6O3/c1-32-24-6-7-26(33-19-24)21-16-20-17-25(28(38)35-30(8-9-30)22-2-4-23(31)5-3-22)29(39)37(27(20)34-18-21)11-10-36-12-14-40-15-13-36/h2-7,16-19H,8-15H2,(H,35,38). The van der Waals surface area contributed by atoms with E-state index in [0.717, 1.165) is 18.7 Å². The number of rotatable bonds is 7. The summed E-state index contributed by atoms with van der Waals surface area (Å²) in [4.78, 5) is 41.9. The lowest BCUT2D eigenvalue weighted by Crippen LogP contribution is -2.41. The van der Waals surface area contributed by atoms with Crippen LogP contribution in [0.25, 0.3) is 27.1 Å². The molecule has 10 heteroatoms. The molecule has 9 nitrogen and oxygen atoms in total. The number of morpholine rings is 1. The highest BCUT2D eigenvalue weighted by atomic mass is 19.1. The second-order valence-corrected chi connectivity index (χ2v) is 10.2. The van der Waals surface area contributed by atoms with Crippen molar-refractivity contribution in [1.29, 1.82) is 0 Å². The van der Waals surface area contributed by atoms with Gasteiger partial charge in [0, 0.05) is 49.5 Å². The van der Waals surface area contributed by atoms with E-state index in [1.54, 1.807) is 41.1 Å². The van der Waals surface area contributed by atoms with Gasteiger partial charge in [0.15, 0.2) is 0 Å². The number of nitrogens with zero attached hydrogens (tertiary/aromatic N) is 5. The molecule has 1 saturated heterocycles. The van der Waals surface area contributed by atoms with Crippen molar-refractivity contribution in [2.75, 3.05) is 32.8 Å². The summed E-state index contributed by atoms with van der Waals surface area (Å²) >= 11 is 0. The lowest BCUT2D eigenvalue weighted by atomic mass is 10.0. The lowest BCUT2D eigenvalue weighted by molar-refractivity contribution is 0.0364. The van der Waals surface area contributed by atoms with Gasteiger partial charge >= 0.3 is 0 Å². The van der Waals surface area contributed by atoms with Crippen LogP contribution < -0.4 is 10.9 Å². The fraction of sp³-hybridized carbons (Fsp3) is 0.300. The zero-order valence-corrected chi connectivity index (χ0v) is 21.8. The number of carbonyl (C=O) groups excluding carboxylic acids is 1. The fourth-order valence-corrected chi connectivity index (χ4v) is 5.13. The zero-order valence-electron chi connectivity index (χ0n) is 21.8. The highest BCUT2D eigenvalue weighted by Gasteiger charge is 2.46. The molecular formula is C30H27FN6O3. The van der Waals surface area contributed by atoms with Crippen molar-refractivity contribution in [3.8, 4) is 11.3 Å². The SMILES string of the molecule is [C-]#[N+]c1ccc(-c2cnc3c(c2)cc(C(=O)NC2(c4ccc(F)cc4)CC2)c(=O)n3CCN2CCOCC2)nc1. The summed E-state index contributed by atoms with van der Waals surface area (Å²) in [5, 5.41) is 3.69. The number of aromatic nitrogens is 3. The molecule has 0 radical (unpaired) electrons. The first-order chi connectivity index (χ1) is 19.5. The molecule has 1 aromatic carbocycles. The number of amides is 1. The van der Waals surface area contributed by atoms with E-state index in [1.807, 2.05) is 6.07 Å². The number of hydrogen-bond acceptors (Lipinski definition) is 6. The fourth-order valence-electron chi connectivity index (χ4n) is 5.13. The quantitative estimate of drug-likeness (QED) is 0.359. The monoisotopic (exact) mass is 538 g/mol. The summed E-state index contributed by atoms with van der Waals surface area (Å²) in [7, 11) is 0. The molecule has 0 spiro atoms. The van der Waals surface area contributed by atoms with Gasteiger partial charge in [-0.2, -0.15) is 0 Å². The second kappa shape index (κ2) is 10.6. The van der Waals surface area contributed by atoms with Gasteiger partial charge in [0.05, 0.1) is 31.0 Å². The highest BCUT2D eigenvalue weighted by Crippen LogP contribution is 2.45. The van der Waals surface area contributed by atoms with Gasteiger partial charge in [-0.3, -0.25) is 24.0 Å². The van der Waals surface area contributed by atoms with Crippen molar-refractivity contribution in [2.24, 2.45) is 0 Å². The largest absolute Gasteiger partial charge is 0.379 e. The Hall–Kier alpha value is -4.46. The van der Waals surface area contributed by atoms with E-state index in [4.69, 9.17) is 11.3 Å². The van der Waals surface area contributed by atoms with E-state index in [-0.39, 0.29) is 11.4 Å². The molecule has 0 unspecified atom stereocenters. The molecule has 4 aromatic rings. The van der Waals surface area contributed by atoms with Crippen LogP contribution in [0.1, 0.15) is 28.8 Å². The molecule has 3 aromatic heterocycles. The molecule has 6 rings (SSSR count). The van der Waals surface area contributed by atoms with Gasteiger partial charge in [0.25, 0.3) is 11.5 Å². The van der Waals surface area contributed by atoms with Crippen LogP contribution in [0.15, 0.2) is 65.7 Å². The van der Waals surface area contributed by atoms with Crippen LogP contribution in [0.5, 0.6) is 0 Å². The molecule has 1 aliphatic heterocycles. The molecule has 202 valence electrons. The van der Waals surface area contributed by atoms with Gasteiger partial charge in [-0.05, 0) is 48.7 Å². The molecule has 1 saturated carbocycles. The van der Waals surface area contributed by atoms with Gasteiger partial charge < -0.3 is 10.1 Å². The number of fused-ring (bicyclic) bond motifs is 1. The number of benzene rings is 1. The van der Waals surface area contributed by atoms with Gasteiger partial charge in [-0.1, -0.05) is 18.2 Å². The molecule has 40 heavy (non-hydrogen) atoms. The van der Waals surface area contributed by atoms with Crippen LogP contribution in [0, 0.1) is 12.4 Å². The Bertz CT molecular complexity index is 1670. The first kappa shape index (κ1) is 25.8. The van der Waals surface area contributed by atoms with Gasteiger partial charge in [-0.25, -0.2) is 14.2 Å². The van der Waals surface area contributed by atoms with E-state index < -0.39 is 17.0 Å². The number of ether oxygens (including phenoxy) is 1. The molecule has 1 amide bonds. The number of hydrogen-bond donors (Lipinski definition) is 1.